The number of esters is 1. The molecule has 0 aliphatic rings. The van der Waals surface area contributed by atoms with Gasteiger partial charge in [-0.15, -0.1) is 0 Å². The number of nitro benzene ring substituents is 1. The first-order valence-electron chi connectivity index (χ1n) is 7.87. The number of rotatable bonds is 7. The summed E-state index contributed by atoms with van der Waals surface area (Å²) < 4.78 is 10.4. The van der Waals surface area contributed by atoms with Crippen molar-refractivity contribution >= 4 is 17.9 Å². The standard InChI is InChI=1S/C19H19NO6/c1-19(2,10-11-21)18(22)26-15-7-4-13(5-8-15)14-6-9-16(20(23)24)17(12-14)25-3/h4-9,11-12H,10H2,1-3H3. The fourth-order valence-corrected chi connectivity index (χ4v) is 2.26. The van der Waals surface area contributed by atoms with Crippen LogP contribution in [0.25, 0.3) is 11.1 Å². The van der Waals surface area contributed by atoms with E-state index in [4.69, 9.17) is 9.47 Å². The van der Waals surface area contributed by atoms with E-state index in [-0.39, 0.29) is 17.9 Å². The lowest BCUT2D eigenvalue weighted by Crippen LogP contribution is -2.29. The van der Waals surface area contributed by atoms with Gasteiger partial charge in [0.05, 0.1) is 17.4 Å². The molecule has 7 heteroatoms. The lowest BCUT2D eigenvalue weighted by Gasteiger charge is -2.19. The first kappa shape index (κ1) is 19.1. The molecule has 0 radical (unpaired) electrons. The van der Waals surface area contributed by atoms with Crippen LogP contribution in [0.1, 0.15) is 20.3 Å². The second-order valence-corrected chi connectivity index (χ2v) is 6.31. The smallest absolute Gasteiger partial charge is 0.317 e. The maximum Gasteiger partial charge on any atom is 0.317 e. The van der Waals surface area contributed by atoms with Crippen LogP contribution < -0.4 is 9.47 Å². The number of ether oxygens (including phenoxy) is 2. The first-order valence-corrected chi connectivity index (χ1v) is 7.87. The molecule has 0 aliphatic heterocycles. The van der Waals surface area contributed by atoms with Gasteiger partial charge in [-0.05, 0) is 49.2 Å². The number of carbonyl (C=O) groups excluding carboxylic acids is 2. The quantitative estimate of drug-likeness (QED) is 0.246. The van der Waals surface area contributed by atoms with Crippen molar-refractivity contribution in [2.24, 2.45) is 5.41 Å². The van der Waals surface area contributed by atoms with Crippen LogP contribution in [0.5, 0.6) is 11.5 Å². The molecule has 7 nitrogen and oxygen atoms in total. The van der Waals surface area contributed by atoms with Gasteiger partial charge in [0.15, 0.2) is 5.75 Å². The largest absolute Gasteiger partial charge is 0.490 e. The van der Waals surface area contributed by atoms with Gasteiger partial charge in [0, 0.05) is 12.5 Å². The maximum atomic E-state index is 12.1. The second-order valence-electron chi connectivity index (χ2n) is 6.31. The summed E-state index contributed by atoms with van der Waals surface area (Å²) in [5.74, 6) is 0.0274. The van der Waals surface area contributed by atoms with Gasteiger partial charge in [-0.2, -0.15) is 0 Å². The summed E-state index contributed by atoms with van der Waals surface area (Å²) in [6.07, 6.45) is 0.763. The third kappa shape index (κ3) is 4.24. The zero-order valence-corrected chi connectivity index (χ0v) is 14.7. The Hall–Kier alpha value is -3.22. The lowest BCUT2D eigenvalue weighted by molar-refractivity contribution is -0.385. The van der Waals surface area contributed by atoms with Crippen LogP contribution >= 0.6 is 0 Å². The summed E-state index contributed by atoms with van der Waals surface area (Å²) in [5.41, 5.74) is 0.502. The number of nitro groups is 1. The Kier molecular flexibility index (Phi) is 5.71. The third-order valence-corrected chi connectivity index (χ3v) is 3.92. The number of nitrogens with zero attached hydrogens (tertiary/aromatic N) is 1. The van der Waals surface area contributed by atoms with Crippen molar-refractivity contribution in [1.29, 1.82) is 0 Å². The second kappa shape index (κ2) is 7.77. The zero-order chi connectivity index (χ0) is 19.3. The summed E-state index contributed by atoms with van der Waals surface area (Å²) in [7, 11) is 1.37. The van der Waals surface area contributed by atoms with Crippen molar-refractivity contribution in [3.05, 3.63) is 52.6 Å². The molecule has 0 saturated carbocycles. The SMILES string of the molecule is COc1cc(-c2ccc(OC(=O)C(C)(C)CC=O)cc2)ccc1[N+](=O)[O-]. The maximum absolute atomic E-state index is 12.1. The van der Waals surface area contributed by atoms with Gasteiger partial charge >= 0.3 is 11.7 Å². The van der Waals surface area contributed by atoms with Gasteiger partial charge in [-0.3, -0.25) is 14.9 Å². The van der Waals surface area contributed by atoms with Crippen molar-refractivity contribution in [3.63, 3.8) is 0 Å². The lowest BCUT2D eigenvalue weighted by atomic mass is 9.90. The molecule has 0 unspecified atom stereocenters. The molecule has 0 N–H and O–H groups in total. The molecular formula is C19H19NO6. The van der Waals surface area contributed by atoms with Gasteiger partial charge < -0.3 is 14.3 Å². The number of methoxy groups -OCH3 is 1. The first-order chi connectivity index (χ1) is 12.3. The van der Waals surface area contributed by atoms with E-state index in [0.29, 0.717) is 12.0 Å². The third-order valence-electron chi connectivity index (χ3n) is 3.92. The normalized spacial score (nSPS) is 10.9. The Morgan fingerprint density at radius 2 is 1.77 bits per heavy atom. The number of aldehydes is 1. The Bertz CT molecular complexity index is 826. The number of benzene rings is 2. The van der Waals surface area contributed by atoms with Crippen LogP contribution in [-0.2, 0) is 9.59 Å². The summed E-state index contributed by atoms with van der Waals surface area (Å²) in [6.45, 7) is 3.28. The van der Waals surface area contributed by atoms with Crippen LogP contribution in [0, 0.1) is 15.5 Å². The highest BCUT2D eigenvalue weighted by Gasteiger charge is 2.29. The molecular weight excluding hydrogens is 338 g/mol. The molecule has 136 valence electrons. The average Bonchev–Trinajstić information content (AvgIpc) is 2.61. The average molecular weight is 357 g/mol. The van der Waals surface area contributed by atoms with Gasteiger partial charge in [-0.1, -0.05) is 12.1 Å². The number of hydrogen-bond acceptors (Lipinski definition) is 6. The minimum Gasteiger partial charge on any atom is -0.490 e. The predicted molar refractivity (Wildman–Crippen MR) is 95.2 cm³/mol. The van der Waals surface area contributed by atoms with E-state index in [1.807, 2.05) is 0 Å². The Morgan fingerprint density at radius 3 is 2.31 bits per heavy atom. The van der Waals surface area contributed by atoms with E-state index in [0.717, 1.165) is 11.1 Å². The summed E-state index contributed by atoms with van der Waals surface area (Å²) in [6, 6.07) is 11.3. The van der Waals surface area contributed by atoms with E-state index in [9.17, 15) is 19.7 Å². The molecule has 0 aromatic heterocycles. The van der Waals surface area contributed by atoms with Crippen LogP contribution in [0.4, 0.5) is 5.69 Å². The molecule has 0 atom stereocenters. The molecule has 0 aliphatic carbocycles. The van der Waals surface area contributed by atoms with Crippen molar-refractivity contribution in [3.8, 4) is 22.6 Å². The van der Waals surface area contributed by atoms with Gasteiger partial charge in [0.1, 0.15) is 12.0 Å². The highest BCUT2D eigenvalue weighted by molar-refractivity contribution is 5.81. The van der Waals surface area contributed by atoms with Crippen LogP contribution in [0.3, 0.4) is 0 Å². The Labute approximate surface area is 150 Å². The van der Waals surface area contributed by atoms with Crippen LogP contribution in [0.2, 0.25) is 0 Å². The van der Waals surface area contributed by atoms with Crippen LogP contribution in [0.15, 0.2) is 42.5 Å². The van der Waals surface area contributed by atoms with E-state index in [2.05, 4.69) is 0 Å². The fourth-order valence-electron chi connectivity index (χ4n) is 2.26. The predicted octanol–water partition coefficient (Wildman–Crippen LogP) is 3.79. The van der Waals surface area contributed by atoms with Gasteiger partial charge in [0.2, 0.25) is 0 Å². The van der Waals surface area contributed by atoms with Crippen molar-refractivity contribution in [2.75, 3.05) is 7.11 Å². The van der Waals surface area contributed by atoms with E-state index < -0.39 is 16.3 Å². The molecule has 2 aromatic rings. The van der Waals surface area contributed by atoms with Crippen molar-refractivity contribution < 1.29 is 24.0 Å². The number of hydrogen-bond donors (Lipinski definition) is 0. The van der Waals surface area contributed by atoms with Gasteiger partial charge in [-0.25, -0.2) is 0 Å². The summed E-state index contributed by atoms with van der Waals surface area (Å²) in [4.78, 5) is 33.2. The topological polar surface area (TPSA) is 95.7 Å². The van der Waals surface area contributed by atoms with E-state index in [1.54, 1.807) is 50.2 Å². The molecule has 2 aromatic carbocycles. The molecule has 0 heterocycles. The molecule has 26 heavy (non-hydrogen) atoms. The van der Waals surface area contributed by atoms with Crippen LogP contribution in [-0.4, -0.2) is 24.3 Å². The Balaban J connectivity index is 2.21. The summed E-state index contributed by atoms with van der Waals surface area (Å²) in [5, 5.41) is 11.0. The van der Waals surface area contributed by atoms with Gasteiger partial charge in [0.25, 0.3) is 0 Å². The molecule has 0 amide bonds. The molecule has 0 bridgehead atoms. The molecule has 0 saturated heterocycles. The minimum absolute atomic E-state index is 0.0759. The van der Waals surface area contributed by atoms with E-state index >= 15 is 0 Å². The highest BCUT2D eigenvalue weighted by atomic mass is 16.6. The molecule has 0 fully saturated rings. The van der Waals surface area contributed by atoms with Crippen molar-refractivity contribution in [1.82, 2.24) is 0 Å². The minimum atomic E-state index is -0.897. The number of carbonyl (C=O) groups is 2. The van der Waals surface area contributed by atoms with Crippen molar-refractivity contribution in [2.45, 2.75) is 20.3 Å². The zero-order valence-electron chi connectivity index (χ0n) is 14.7. The Morgan fingerprint density at radius 1 is 1.15 bits per heavy atom. The molecule has 2 rings (SSSR count). The fraction of sp³-hybridized carbons (Fsp3) is 0.263. The molecule has 0 spiro atoms. The summed E-state index contributed by atoms with van der Waals surface area (Å²) >= 11 is 0. The monoisotopic (exact) mass is 357 g/mol. The van der Waals surface area contributed by atoms with E-state index in [1.165, 1.54) is 13.2 Å². The highest BCUT2D eigenvalue weighted by Crippen LogP contribution is 2.33.